The average Bonchev–Trinajstić information content (AvgIpc) is 2.69. The lowest BCUT2D eigenvalue weighted by Gasteiger charge is -2.09. The Labute approximate surface area is 112 Å². The second-order valence-electron chi connectivity index (χ2n) is 4.16. The summed E-state index contributed by atoms with van der Waals surface area (Å²) in [6.07, 6.45) is 2.28. The van der Waals surface area contributed by atoms with Crippen LogP contribution in [0.25, 0.3) is 0 Å². The number of sulfonamides is 1. The van der Waals surface area contributed by atoms with Crippen molar-refractivity contribution in [2.24, 2.45) is 7.05 Å². The molecule has 0 aliphatic rings. The molecular formula is C12H16N4O2S. The maximum atomic E-state index is 12.3. The molecule has 6 nitrogen and oxygen atoms in total. The van der Waals surface area contributed by atoms with Gasteiger partial charge in [-0.05, 0) is 18.6 Å². The highest BCUT2D eigenvalue weighted by Crippen LogP contribution is 2.22. The first kappa shape index (κ1) is 13.4. The number of benzene rings is 1. The molecule has 19 heavy (non-hydrogen) atoms. The van der Waals surface area contributed by atoms with Crippen LogP contribution in [0.5, 0.6) is 0 Å². The van der Waals surface area contributed by atoms with Crippen LogP contribution in [0.1, 0.15) is 12.6 Å². The maximum absolute atomic E-state index is 12.3. The van der Waals surface area contributed by atoms with Crippen LogP contribution in [0.15, 0.2) is 35.4 Å². The van der Waals surface area contributed by atoms with Crippen LogP contribution in [0.4, 0.5) is 11.4 Å². The number of anilines is 2. The fourth-order valence-electron chi connectivity index (χ4n) is 1.81. The van der Waals surface area contributed by atoms with Crippen LogP contribution in [-0.4, -0.2) is 18.2 Å². The van der Waals surface area contributed by atoms with Crippen LogP contribution in [0, 0.1) is 0 Å². The van der Waals surface area contributed by atoms with E-state index in [2.05, 4.69) is 9.82 Å². The summed E-state index contributed by atoms with van der Waals surface area (Å²) in [5.41, 5.74) is 7.09. The van der Waals surface area contributed by atoms with Crippen molar-refractivity contribution in [3.8, 4) is 0 Å². The molecule has 0 amide bonds. The van der Waals surface area contributed by atoms with Crippen molar-refractivity contribution in [1.29, 1.82) is 0 Å². The Morgan fingerprint density at radius 2 is 2.05 bits per heavy atom. The Kier molecular flexibility index (Phi) is 3.48. The average molecular weight is 280 g/mol. The van der Waals surface area contributed by atoms with E-state index in [-0.39, 0.29) is 10.6 Å². The Hall–Kier alpha value is -2.02. The molecule has 3 N–H and O–H groups in total. The predicted molar refractivity (Wildman–Crippen MR) is 74.2 cm³/mol. The second kappa shape index (κ2) is 4.93. The molecule has 0 aliphatic heterocycles. The standard InChI is InChI=1S/C12H16N4O2S/c1-3-10-11(8-16(2)14-10)15-19(17,18)12-7-5-4-6-9(12)13/h4-8,15H,3,13H2,1-2H3. The monoisotopic (exact) mass is 280 g/mol. The molecule has 1 heterocycles. The quantitative estimate of drug-likeness (QED) is 0.828. The fraction of sp³-hybridized carbons (Fsp3) is 0.250. The minimum Gasteiger partial charge on any atom is -0.398 e. The van der Waals surface area contributed by atoms with Gasteiger partial charge in [0.25, 0.3) is 10.0 Å². The highest BCUT2D eigenvalue weighted by atomic mass is 32.2. The molecule has 1 aromatic carbocycles. The van der Waals surface area contributed by atoms with Gasteiger partial charge in [0.2, 0.25) is 0 Å². The number of aromatic nitrogens is 2. The van der Waals surface area contributed by atoms with Gasteiger partial charge in [0.1, 0.15) is 4.90 Å². The van der Waals surface area contributed by atoms with Gasteiger partial charge in [-0.25, -0.2) is 8.42 Å². The van der Waals surface area contributed by atoms with Gasteiger partial charge in [-0.1, -0.05) is 19.1 Å². The van der Waals surface area contributed by atoms with E-state index in [0.717, 1.165) is 0 Å². The molecule has 0 unspecified atom stereocenters. The third kappa shape index (κ3) is 2.70. The lowest BCUT2D eigenvalue weighted by Crippen LogP contribution is -2.15. The lowest BCUT2D eigenvalue weighted by molar-refractivity contribution is 0.601. The molecule has 0 saturated carbocycles. The zero-order valence-electron chi connectivity index (χ0n) is 10.8. The zero-order valence-corrected chi connectivity index (χ0v) is 11.6. The van der Waals surface area contributed by atoms with E-state index in [0.29, 0.717) is 17.8 Å². The minimum atomic E-state index is -3.69. The number of hydrogen-bond acceptors (Lipinski definition) is 4. The first-order valence-electron chi connectivity index (χ1n) is 5.84. The third-order valence-electron chi connectivity index (χ3n) is 2.69. The molecule has 0 aliphatic carbocycles. The number of nitrogens with zero attached hydrogens (tertiary/aromatic N) is 2. The summed E-state index contributed by atoms with van der Waals surface area (Å²) >= 11 is 0. The van der Waals surface area contributed by atoms with Gasteiger partial charge in [0, 0.05) is 13.2 Å². The van der Waals surface area contributed by atoms with Gasteiger partial charge in [-0.15, -0.1) is 0 Å². The van der Waals surface area contributed by atoms with E-state index in [1.54, 1.807) is 36.1 Å². The zero-order chi connectivity index (χ0) is 14.0. The molecular weight excluding hydrogens is 264 g/mol. The summed E-state index contributed by atoms with van der Waals surface area (Å²) < 4.78 is 28.6. The van der Waals surface area contributed by atoms with Gasteiger partial charge in [0.15, 0.2) is 0 Å². The van der Waals surface area contributed by atoms with E-state index >= 15 is 0 Å². The van der Waals surface area contributed by atoms with Gasteiger partial charge in [0.05, 0.1) is 17.1 Å². The first-order valence-corrected chi connectivity index (χ1v) is 7.32. The Morgan fingerprint density at radius 1 is 1.37 bits per heavy atom. The second-order valence-corrected chi connectivity index (χ2v) is 5.81. The summed E-state index contributed by atoms with van der Waals surface area (Å²) in [6, 6.07) is 6.35. The van der Waals surface area contributed by atoms with E-state index in [1.807, 2.05) is 6.92 Å². The van der Waals surface area contributed by atoms with Crippen molar-refractivity contribution in [3.05, 3.63) is 36.2 Å². The minimum absolute atomic E-state index is 0.0703. The third-order valence-corrected chi connectivity index (χ3v) is 4.13. The smallest absolute Gasteiger partial charge is 0.264 e. The number of rotatable bonds is 4. The van der Waals surface area contributed by atoms with E-state index in [4.69, 9.17) is 5.73 Å². The summed E-state index contributed by atoms with van der Waals surface area (Å²) in [7, 11) is -1.95. The molecule has 2 aromatic rings. The number of aryl methyl sites for hydroxylation is 2. The summed E-state index contributed by atoms with van der Waals surface area (Å²) in [5, 5.41) is 4.19. The van der Waals surface area contributed by atoms with Crippen LogP contribution in [-0.2, 0) is 23.5 Å². The van der Waals surface area contributed by atoms with Crippen LogP contribution >= 0.6 is 0 Å². The molecule has 0 atom stereocenters. The Bertz CT molecular complexity index is 692. The largest absolute Gasteiger partial charge is 0.398 e. The molecule has 0 radical (unpaired) electrons. The molecule has 0 fully saturated rings. The molecule has 2 rings (SSSR count). The maximum Gasteiger partial charge on any atom is 0.264 e. The lowest BCUT2D eigenvalue weighted by atomic mass is 10.3. The molecule has 0 bridgehead atoms. The van der Waals surface area contributed by atoms with Gasteiger partial charge in [-0.3, -0.25) is 9.40 Å². The van der Waals surface area contributed by atoms with Crippen molar-refractivity contribution >= 4 is 21.4 Å². The van der Waals surface area contributed by atoms with E-state index in [1.165, 1.54) is 6.07 Å². The highest BCUT2D eigenvalue weighted by Gasteiger charge is 2.19. The van der Waals surface area contributed by atoms with Crippen LogP contribution < -0.4 is 10.5 Å². The first-order chi connectivity index (χ1) is 8.94. The number of hydrogen-bond donors (Lipinski definition) is 2. The fourth-order valence-corrected chi connectivity index (χ4v) is 3.01. The van der Waals surface area contributed by atoms with Gasteiger partial charge >= 0.3 is 0 Å². The number of nitrogens with one attached hydrogen (secondary N) is 1. The molecule has 7 heteroatoms. The van der Waals surface area contributed by atoms with Crippen LogP contribution in [0.2, 0.25) is 0 Å². The van der Waals surface area contributed by atoms with Gasteiger partial charge < -0.3 is 5.73 Å². The predicted octanol–water partition coefficient (Wildman–Crippen LogP) is 1.37. The van der Waals surface area contributed by atoms with E-state index in [9.17, 15) is 8.42 Å². The van der Waals surface area contributed by atoms with Crippen molar-refractivity contribution in [2.45, 2.75) is 18.2 Å². The topological polar surface area (TPSA) is 90.0 Å². The molecule has 0 saturated heterocycles. The van der Waals surface area contributed by atoms with E-state index < -0.39 is 10.0 Å². The highest BCUT2D eigenvalue weighted by molar-refractivity contribution is 7.92. The molecule has 0 spiro atoms. The summed E-state index contributed by atoms with van der Waals surface area (Å²) in [6.45, 7) is 1.91. The van der Waals surface area contributed by atoms with Crippen molar-refractivity contribution in [1.82, 2.24) is 9.78 Å². The summed E-state index contributed by atoms with van der Waals surface area (Å²) in [4.78, 5) is 0.0703. The molecule has 1 aromatic heterocycles. The normalized spacial score (nSPS) is 11.5. The number of nitrogens with two attached hydrogens (primary N) is 1. The molecule has 102 valence electrons. The van der Waals surface area contributed by atoms with Gasteiger partial charge in [-0.2, -0.15) is 5.10 Å². The Balaban J connectivity index is 2.39. The Morgan fingerprint density at radius 3 is 2.68 bits per heavy atom. The SMILES string of the molecule is CCc1nn(C)cc1NS(=O)(=O)c1ccccc1N. The van der Waals surface area contributed by atoms with Crippen molar-refractivity contribution in [3.63, 3.8) is 0 Å². The van der Waals surface area contributed by atoms with Crippen molar-refractivity contribution in [2.75, 3.05) is 10.5 Å². The summed E-state index contributed by atoms with van der Waals surface area (Å²) in [5.74, 6) is 0. The number of nitrogen functional groups attached to an aromatic ring is 1. The van der Waals surface area contributed by atoms with Crippen LogP contribution in [0.3, 0.4) is 0 Å². The number of para-hydroxylation sites is 1. The van der Waals surface area contributed by atoms with Crippen molar-refractivity contribution < 1.29 is 8.42 Å².